The lowest BCUT2D eigenvalue weighted by molar-refractivity contribution is 0.107. The molecular formula is C24H31IN4OS. The molecule has 0 amide bonds. The number of thiazole rings is 1. The Bertz CT molecular complexity index is 922. The van der Waals surface area contributed by atoms with E-state index in [0.717, 1.165) is 36.2 Å². The van der Waals surface area contributed by atoms with Crippen molar-refractivity contribution in [3.8, 4) is 0 Å². The van der Waals surface area contributed by atoms with Gasteiger partial charge in [0, 0.05) is 31.4 Å². The van der Waals surface area contributed by atoms with Gasteiger partial charge in [-0.05, 0) is 30.5 Å². The quantitative estimate of drug-likeness (QED) is 0.224. The fraction of sp³-hybridized carbons (Fsp3) is 0.333. The molecule has 0 aliphatic carbocycles. The van der Waals surface area contributed by atoms with E-state index in [1.54, 1.807) is 18.4 Å². The van der Waals surface area contributed by atoms with Gasteiger partial charge in [-0.3, -0.25) is 4.99 Å². The smallest absolute Gasteiger partial charge is 0.191 e. The number of rotatable bonds is 9. The van der Waals surface area contributed by atoms with Crippen molar-refractivity contribution in [1.82, 2.24) is 15.6 Å². The Morgan fingerprint density at radius 3 is 2.19 bits per heavy atom. The van der Waals surface area contributed by atoms with E-state index in [0.29, 0.717) is 13.2 Å². The molecule has 31 heavy (non-hydrogen) atoms. The van der Waals surface area contributed by atoms with Crippen molar-refractivity contribution in [2.24, 2.45) is 4.99 Å². The number of benzene rings is 2. The summed E-state index contributed by atoms with van der Waals surface area (Å²) < 4.78 is 5.80. The molecule has 3 rings (SSSR count). The van der Waals surface area contributed by atoms with Gasteiger partial charge in [-0.2, -0.15) is 0 Å². The zero-order valence-corrected chi connectivity index (χ0v) is 21.5. The van der Waals surface area contributed by atoms with Gasteiger partial charge in [-0.15, -0.1) is 35.3 Å². The predicted octanol–water partition coefficient (Wildman–Crippen LogP) is 5.00. The molecule has 0 spiro atoms. The first-order valence-electron chi connectivity index (χ1n) is 10.2. The van der Waals surface area contributed by atoms with Crippen LogP contribution in [0.3, 0.4) is 0 Å². The minimum Gasteiger partial charge on any atom is -0.372 e. The maximum atomic E-state index is 5.80. The molecule has 0 fully saturated rings. The lowest BCUT2D eigenvalue weighted by Gasteiger charge is -2.12. The van der Waals surface area contributed by atoms with Gasteiger partial charge in [0.2, 0.25) is 0 Å². The fourth-order valence-corrected chi connectivity index (χ4v) is 3.89. The van der Waals surface area contributed by atoms with Gasteiger partial charge in [-0.1, -0.05) is 54.6 Å². The molecule has 1 heterocycles. The molecule has 0 saturated heterocycles. The summed E-state index contributed by atoms with van der Waals surface area (Å²) in [6.07, 6.45) is 0.901. The Kier molecular flexibility index (Phi) is 11.0. The number of aryl methyl sites for hydroxylation is 2. The standard InChI is InChI=1S/C24H30N4OS.HI/c1-18-19(2)30-23(28-18)13-14-26-24(25-3)27-15-20-9-11-22(12-10-20)17-29-16-21-7-5-4-6-8-21;/h4-12H,13-17H2,1-3H3,(H2,25,26,27);1H. The van der Waals surface area contributed by atoms with E-state index in [9.17, 15) is 0 Å². The van der Waals surface area contributed by atoms with E-state index in [2.05, 4.69) is 70.9 Å². The summed E-state index contributed by atoms with van der Waals surface area (Å²) in [5, 5.41) is 7.89. The molecule has 0 unspecified atom stereocenters. The van der Waals surface area contributed by atoms with Gasteiger partial charge < -0.3 is 15.4 Å². The fourth-order valence-electron chi connectivity index (χ4n) is 2.95. The third-order valence-electron chi connectivity index (χ3n) is 4.79. The molecule has 0 atom stereocenters. The Morgan fingerprint density at radius 1 is 0.935 bits per heavy atom. The first-order chi connectivity index (χ1) is 14.6. The van der Waals surface area contributed by atoms with E-state index in [4.69, 9.17) is 4.74 Å². The lowest BCUT2D eigenvalue weighted by Crippen LogP contribution is -2.37. The van der Waals surface area contributed by atoms with Crippen LogP contribution in [-0.4, -0.2) is 24.5 Å². The highest BCUT2D eigenvalue weighted by atomic mass is 127. The largest absolute Gasteiger partial charge is 0.372 e. The summed E-state index contributed by atoms with van der Waals surface area (Å²) in [7, 11) is 1.79. The van der Waals surface area contributed by atoms with Gasteiger partial charge >= 0.3 is 0 Å². The van der Waals surface area contributed by atoms with Gasteiger partial charge in [-0.25, -0.2) is 4.98 Å². The molecule has 0 radical (unpaired) electrons. The summed E-state index contributed by atoms with van der Waals surface area (Å²) in [6.45, 7) is 6.95. The Balaban J connectivity index is 0.00000341. The zero-order valence-electron chi connectivity index (χ0n) is 18.4. The summed E-state index contributed by atoms with van der Waals surface area (Å²) in [5.74, 6) is 0.801. The van der Waals surface area contributed by atoms with Crippen molar-refractivity contribution in [2.45, 2.75) is 40.0 Å². The van der Waals surface area contributed by atoms with Crippen LogP contribution in [0.2, 0.25) is 0 Å². The first-order valence-corrected chi connectivity index (χ1v) is 11.0. The van der Waals surface area contributed by atoms with Gasteiger partial charge in [0.1, 0.15) is 0 Å². The average Bonchev–Trinajstić information content (AvgIpc) is 3.09. The molecule has 166 valence electrons. The van der Waals surface area contributed by atoms with Crippen molar-refractivity contribution in [1.29, 1.82) is 0 Å². The maximum Gasteiger partial charge on any atom is 0.191 e. The van der Waals surface area contributed by atoms with Crippen LogP contribution in [0.15, 0.2) is 59.6 Å². The number of aliphatic imine (C=N–C) groups is 1. The summed E-state index contributed by atoms with van der Waals surface area (Å²) in [4.78, 5) is 10.2. The molecule has 3 aromatic rings. The van der Waals surface area contributed by atoms with Crippen LogP contribution in [0, 0.1) is 13.8 Å². The topological polar surface area (TPSA) is 58.5 Å². The lowest BCUT2D eigenvalue weighted by atomic mass is 10.1. The second kappa shape index (κ2) is 13.4. The summed E-state index contributed by atoms with van der Waals surface area (Å²) in [6, 6.07) is 18.7. The minimum absolute atomic E-state index is 0. The Hall–Kier alpha value is -1.97. The number of nitrogens with zero attached hydrogens (tertiary/aromatic N) is 2. The first kappa shape index (κ1) is 25.3. The van der Waals surface area contributed by atoms with Crippen molar-refractivity contribution in [3.05, 3.63) is 86.9 Å². The van der Waals surface area contributed by atoms with Crippen LogP contribution in [0.25, 0.3) is 0 Å². The minimum atomic E-state index is 0. The normalized spacial score (nSPS) is 11.1. The highest BCUT2D eigenvalue weighted by Crippen LogP contribution is 2.16. The molecule has 2 aromatic carbocycles. The highest BCUT2D eigenvalue weighted by Gasteiger charge is 2.04. The number of guanidine groups is 1. The molecule has 0 saturated carbocycles. The molecular weight excluding hydrogens is 519 g/mol. The molecule has 1 aromatic heterocycles. The molecule has 0 bridgehead atoms. The number of aromatic nitrogens is 1. The number of halogens is 1. The van der Waals surface area contributed by atoms with Crippen LogP contribution < -0.4 is 10.6 Å². The molecule has 0 aliphatic heterocycles. The number of hydrogen-bond acceptors (Lipinski definition) is 4. The summed E-state index contributed by atoms with van der Waals surface area (Å²) in [5.41, 5.74) is 4.70. The second-order valence-electron chi connectivity index (χ2n) is 7.15. The number of nitrogens with one attached hydrogen (secondary N) is 2. The Labute approximate surface area is 206 Å². The van der Waals surface area contributed by atoms with Crippen molar-refractivity contribution >= 4 is 41.3 Å². The predicted molar refractivity (Wildman–Crippen MR) is 140 cm³/mol. The number of hydrogen-bond donors (Lipinski definition) is 2. The van der Waals surface area contributed by atoms with Crippen LogP contribution in [0.4, 0.5) is 0 Å². The zero-order chi connectivity index (χ0) is 21.2. The van der Waals surface area contributed by atoms with Gasteiger partial charge in [0.15, 0.2) is 5.96 Å². The molecule has 5 nitrogen and oxygen atoms in total. The summed E-state index contributed by atoms with van der Waals surface area (Å²) >= 11 is 1.77. The number of ether oxygens (including phenoxy) is 1. The van der Waals surface area contributed by atoms with Crippen LogP contribution in [-0.2, 0) is 30.9 Å². The third kappa shape index (κ3) is 8.59. The van der Waals surface area contributed by atoms with E-state index in [1.807, 2.05) is 18.2 Å². The van der Waals surface area contributed by atoms with Crippen molar-refractivity contribution in [3.63, 3.8) is 0 Å². The molecule has 2 N–H and O–H groups in total. The van der Waals surface area contributed by atoms with Crippen molar-refractivity contribution in [2.75, 3.05) is 13.6 Å². The maximum absolute atomic E-state index is 5.80. The van der Waals surface area contributed by atoms with E-state index in [-0.39, 0.29) is 24.0 Å². The Morgan fingerprint density at radius 2 is 1.58 bits per heavy atom. The van der Waals surface area contributed by atoms with Gasteiger partial charge in [0.05, 0.1) is 23.9 Å². The van der Waals surface area contributed by atoms with Crippen LogP contribution >= 0.6 is 35.3 Å². The van der Waals surface area contributed by atoms with E-state index >= 15 is 0 Å². The third-order valence-corrected chi connectivity index (χ3v) is 5.92. The van der Waals surface area contributed by atoms with Crippen LogP contribution in [0.5, 0.6) is 0 Å². The molecule has 7 heteroatoms. The monoisotopic (exact) mass is 550 g/mol. The average molecular weight is 551 g/mol. The highest BCUT2D eigenvalue weighted by molar-refractivity contribution is 14.0. The van der Waals surface area contributed by atoms with Crippen LogP contribution in [0.1, 0.15) is 32.3 Å². The van der Waals surface area contributed by atoms with E-state index in [1.165, 1.54) is 21.6 Å². The van der Waals surface area contributed by atoms with E-state index < -0.39 is 0 Å². The van der Waals surface area contributed by atoms with Gasteiger partial charge in [0.25, 0.3) is 0 Å². The molecule has 0 aliphatic rings. The second-order valence-corrected chi connectivity index (χ2v) is 8.43. The SMILES string of the molecule is CN=C(NCCc1nc(C)c(C)s1)NCc1ccc(COCc2ccccc2)cc1.I. The van der Waals surface area contributed by atoms with Crippen molar-refractivity contribution < 1.29 is 4.74 Å².